The third-order valence-electron chi connectivity index (χ3n) is 5.66. The van der Waals surface area contributed by atoms with Gasteiger partial charge in [-0.1, -0.05) is 27.2 Å². The Morgan fingerprint density at radius 2 is 1.90 bits per heavy atom. The molecule has 2 aromatic heterocycles. The summed E-state index contributed by atoms with van der Waals surface area (Å²) in [6, 6.07) is 5.05. The molecule has 0 amide bonds. The summed E-state index contributed by atoms with van der Waals surface area (Å²) in [5.41, 5.74) is -0.0852. The van der Waals surface area contributed by atoms with Gasteiger partial charge < -0.3 is 5.32 Å². The maximum Gasteiger partial charge on any atom is 0.329 e. The van der Waals surface area contributed by atoms with E-state index < -0.39 is 5.69 Å². The molecule has 1 aliphatic rings. The average molecular weight is 417 g/mol. The van der Waals surface area contributed by atoms with Crippen molar-refractivity contribution in [3.05, 3.63) is 55.1 Å². The number of aromatic nitrogens is 4. The third-order valence-corrected chi connectivity index (χ3v) is 5.66. The van der Waals surface area contributed by atoms with Crippen LogP contribution in [0.1, 0.15) is 45.7 Å². The number of H-pyrrole nitrogens is 1. The predicted octanol–water partition coefficient (Wildman–Crippen LogP) is 0.894. The van der Waals surface area contributed by atoms with Crippen molar-refractivity contribution in [1.29, 1.82) is 0 Å². The van der Waals surface area contributed by atoms with Crippen molar-refractivity contribution in [1.82, 2.24) is 24.2 Å². The summed E-state index contributed by atoms with van der Waals surface area (Å²) >= 11 is 0. The van der Waals surface area contributed by atoms with Gasteiger partial charge in [-0.15, -0.1) is 0 Å². The summed E-state index contributed by atoms with van der Waals surface area (Å²) in [6.45, 7) is 9.07. The number of piperidine rings is 1. The first-order valence-electron chi connectivity index (χ1n) is 10.5. The smallest absolute Gasteiger partial charge is 0.329 e. The van der Waals surface area contributed by atoms with Gasteiger partial charge in [-0.05, 0) is 25.5 Å². The predicted molar refractivity (Wildman–Crippen MR) is 117 cm³/mol. The van der Waals surface area contributed by atoms with E-state index in [1.165, 1.54) is 13.1 Å². The zero-order chi connectivity index (χ0) is 21.9. The van der Waals surface area contributed by atoms with Crippen LogP contribution in [0.2, 0.25) is 0 Å². The summed E-state index contributed by atoms with van der Waals surface area (Å²) in [5, 5.41) is 7.76. The van der Waals surface area contributed by atoms with Crippen LogP contribution in [0, 0.1) is 0 Å². The molecule has 1 atom stereocenters. The van der Waals surface area contributed by atoms with Crippen molar-refractivity contribution < 1.29 is 0 Å². The second-order valence-electron chi connectivity index (χ2n) is 8.98. The fourth-order valence-corrected chi connectivity index (χ4v) is 3.70. The number of hydrogen-bond donors (Lipinski definition) is 2. The molecule has 0 saturated carbocycles. The normalized spacial score (nSPS) is 17.8. The summed E-state index contributed by atoms with van der Waals surface area (Å²) in [5.74, 6) is 0.435. The van der Waals surface area contributed by atoms with Crippen molar-refractivity contribution in [2.24, 2.45) is 7.05 Å². The van der Waals surface area contributed by atoms with Crippen molar-refractivity contribution >= 4 is 5.82 Å². The molecule has 9 heteroatoms. The average Bonchev–Trinajstić information content (AvgIpc) is 2.69. The van der Waals surface area contributed by atoms with Crippen molar-refractivity contribution in [3.8, 4) is 0 Å². The SMILES string of the molecule is Cn1c(=O)cc(NCC2CCCCN2CCn2nc(C(C)(C)C)ccc2=O)[nH]c1=O. The highest BCUT2D eigenvalue weighted by Crippen LogP contribution is 2.19. The number of anilines is 1. The quantitative estimate of drug-likeness (QED) is 0.725. The monoisotopic (exact) mass is 416 g/mol. The second-order valence-corrected chi connectivity index (χ2v) is 8.98. The Balaban J connectivity index is 1.66. The zero-order valence-corrected chi connectivity index (χ0v) is 18.3. The topological polar surface area (TPSA) is 105 Å². The van der Waals surface area contributed by atoms with Gasteiger partial charge >= 0.3 is 5.69 Å². The lowest BCUT2D eigenvalue weighted by molar-refractivity contribution is 0.147. The number of aromatic amines is 1. The molecule has 3 heterocycles. The summed E-state index contributed by atoms with van der Waals surface area (Å²) in [4.78, 5) is 40.9. The fraction of sp³-hybridized carbons (Fsp3) is 0.619. The van der Waals surface area contributed by atoms with E-state index in [1.54, 1.807) is 16.8 Å². The van der Waals surface area contributed by atoms with Crippen molar-refractivity contribution in [3.63, 3.8) is 0 Å². The van der Waals surface area contributed by atoms with Gasteiger partial charge in [-0.25, -0.2) is 9.48 Å². The first kappa shape index (κ1) is 22.0. The van der Waals surface area contributed by atoms with Crippen LogP contribution < -0.4 is 22.1 Å². The van der Waals surface area contributed by atoms with Gasteiger partial charge in [0.15, 0.2) is 0 Å². The number of hydrogen-bond acceptors (Lipinski definition) is 6. The molecule has 0 bridgehead atoms. The van der Waals surface area contributed by atoms with E-state index in [1.807, 2.05) is 0 Å². The summed E-state index contributed by atoms with van der Waals surface area (Å²) in [7, 11) is 1.44. The zero-order valence-electron chi connectivity index (χ0n) is 18.3. The lowest BCUT2D eigenvalue weighted by Gasteiger charge is -2.36. The van der Waals surface area contributed by atoms with E-state index in [9.17, 15) is 14.4 Å². The highest BCUT2D eigenvalue weighted by Gasteiger charge is 2.23. The fourth-order valence-electron chi connectivity index (χ4n) is 3.70. The number of rotatable bonds is 6. The number of likely N-dealkylation sites (tertiary alicyclic amines) is 1. The van der Waals surface area contributed by atoms with E-state index in [0.29, 0.717) is 18.9 Å². The Morgan fingerprint density at radius 1 is 1.13 bits per heavy atom. The molecular weight excluding hydrogens is 384 g/mol. The highest BCUT2D eigenvalue weighted by atomic mass is 16.2. The summed E-state index contributed by atoms with van der Waals surface area (Å²) < 4.78 is 2.59. The minimum Gasteiger partial charge on any atom is -0.370 e. The van der Waals surface area contributed by atoms with Gasteiger partial charge in [0, 0.05) is 43.7 Å². The Labute approximate surface area is 175 Å². The standard InChI is InChI=1S/C21H32N6O3/c1-21(2,3)16-8-9-18(28)27(24-16)12-11-26-10-6-5-7-15(26)14-22-17-13-19(29)25(4)20(30)23-17/h8-9,13,15,22H,5-7,10-12,14H2,1-4H3,(H,23,30). The van der Waals surface area contributed by atoms with Crippen LogP contribution in [0.15, 0.2) is 32.6 Å². The molecule has 1 fully saturated rings. The molecular formula is C21H32N6O3. The Morgan fingerprint density at radius 3 is 2.60 bits per heavy atom. The van der Waals surface area contributed by atoms with Crippen molar-refractivity contribution in [2.45, 2.75) is 58.0 Å². The van der Waals surface area contributed by atoms with E-state index >= 15 is 0 Å². The lowest BCUT2D eigenvalue weighted by atomic mass is 9.92. The van der Waals surface area contributed by atoms with Crippen LogP contribution >= 0.6 is 0 Å². The minimum atomic E-state index is -0.435. The number of nitrogens with one attached hydrogen (secondary N) is 2. The van der Waals surface area contributed by atoms with E-state index in [-0.39, 0.29) is 22.6 Å². The summed E-state index contributed by atoms with van der Waals surface area (Å²) in [6.07, 6.45) is 3.27. The molecule has 2 aromatic rings. The third kappa shape index (κ3) is 5.27. The number of nitrogens with zero attached hydrogens (tertiary/aromatic N) is 4. The molecule has 164 valence electrons. The van der Waals surface area contributed by atoms with Gasteiger partial charge in [0.2, 0.25) is 0 Å². The minimum absolute atomic E-state index is 0.0904. The highest BCUT2D eigenvalue weighted by molar-refractivity contribution is 5.32. The molecule has 30 heavy (non-hydrogen) atoms. The molecule has 0 aliphatic carbocycles. The van der Waals surface area contributed by atoms with Crippen molar-refractivity contribution in [2.75, 3.05) is 25.0 Å². The van der Waals surface area contributed by atoms with Crippen LogP contribution in [0.3, 0.4) is 0 Å². The van der Waals surface area contributed by atoms with Gasteiger partial charge in [-0.3, -0.25) is 24.0 Å². The largest absolute Gasteiger partial charge is 0.370 e. The molecule has 1 saturated heterocycles. The first-order valence-corrected chi connectivity index (χ1v) is 10.5. The van der Waals surface area contributed by atoms with Gasteiger partial charge in [0.05, 0.1) is 12.2 Å². The van der Waals surface area contributed by atoms with Crippen LogP contribution in [-0.4, -0.2) is 49.9 Å². The molecule has 1 aliphatic heterocycles. The molecule has 0 spiro atoms. The van der Waals surface area contributed by atoms with E-state index in [0.717, 1.165) is 42.6 Å². The van der Waals surface area contributed by atoms with Crippen LogP contribution in [0.5, 0.6) is 0 Å². The maximum absolute atomic E-state index is 12.3. The van der Waals surface area contributed by atoms with Gasteiger partial charge in [0.1, 0.15) is 5.82 Å². The Kier molecular flexibility index (Phi) is 6.60. The van der Waals surface area contributed by atoms with Gasteiger partial charge in [-0.2, -0.15) is 5.10 Å². The molecule has 9 nitrogen and oxygen atoms in total. The van der Waals surface area contributed by atoms with Crippen LogP contribution in [0.25, 0.3) is 0 Å². The van der Waals surface area contributed by atoms with E-state index in [2.05, 4.69) is 41.1 Å². The first-order chi connectivity index (χ1) is 14.1. The molecule has 2 N–H and O–H groups in total. The lowest BCUT2D eigenvalue weighted by Crippen LogP contribution is -2.46. The van der Waals surface area contributed by atoms with Gasteiger partial charge in [0.25, 0.3) is 11.1 Å². The Hall–Kier alpha value is -2.68. The Bertz CT molecular complexity index is 1010. The van der Waals surface area contributed by atoms with E-state index in [4.69, 9.17) is 0 Å². The van der Waals surface area contributed by atoms with Crippen LogP contribution in [0.4, 0.5) is 5.82 Å². The molecule has 0 aromatic carbocycles. The molecule has 3 rings (SSSR count). The molecule has 1 unspecified atom stereocenters. The molecule has 0 radical (unpaired) electrons. The van der Waals surface area contributed by atoms with Crippen LogP contribution in [-0.2, 0) is 19.0 Å². The second kappa shape index (κ2) is 8.99. The maximum atomic E-state index is 12.3.